The normalized spacial score (nSPS) is 20.7. The molecule has 2 fully saturated rings. The van der Waals surface area contributed by atoms with Crippen LogP contribution in [0.2, 0.25) is 5.02 Å². The van der Waals surface area contributed by atoms with E-state index in [0.29, 0.717) is 26.1 Å². The summed E-state index contributed by atoms with van der Waals surface area (Å²) >= 11 is 5.72. The molecule has 1 N–H and O–H groups in total. The summed E-state index contributed by atoms with van der Waals surface area (Å²) in [6.45, 7) is 1.76. The van der Waals surface area contributed by atoms with Gasteiger partial charge in [0, 0.05) is 26.1 Å². The van der Waals surface area contributed by atoms with Crippen molar-refractivity contribution in [2.24, 2.45) is 5.41 Å². The number of piperidine rings is 1. The maximum absolute atomic E-state index is 13.9. The van der Waals surface area contributed by atoms with Crippen LogP contribution < -0.4 is 5.32 Å². The van der Waals surface area contributed by atoms with E-state index in [1.807, 2.05) is 0 Å². The molecule has 2 heterocycles. The highest BCUT2D eigenvalue weighted by molar-refractivity contribution is 6.31. The van der Waals surface area contributed by atoms with Crippen molar-refractivity contribution in [1.29, 1.82) is 0 Å². The van der Waals surface area contributed by atoms with E-state index in [1.165, 1.54) is 12.1 Å². The maximum atomic E-state index is 13.9. The predicted octanol–water partition coefficient (Wildman–Crippen LogP) is 2.22. The summed E-state index contributed by atoms with van der Waals surface area (Å²) in [7, 11) is 0. The minimum atomic E-state index is -0.665. The molecule has 0 aliphatic carbocycles. The number of nitrogens with zero attached hydrogens (tertiary/aromatic N) is 1. The molecule has 4 nitrogen and oxygen atoms in total. The molecule has 1 aromatic carbocycles. The first kappa shape index (κ1) is 14.3. The van der Waals surface area contributed by atoms with E-state index in [-0.39, 0.29) is 27.8 Å². The molecule has 2 amide bonds. The molecule has 3 rings (SSSR count). The topological polar surface area (TPSA) is 49.4 Å². The second-order valence-corrected chi connectivity index (χ2v) is 6.25. The van der Waals surface area contributed by atoms with E-state index in [4.69, 9.17) is 11.6 Å². The van der Waals surface area contributed by atoms with Gasteiger partial charge in [0.05, 0.1) is 10.6 Å². The highest BCUT2D eigenvalue weighted by Gasteiger charge is 2.41. The van der Waals surface area contributed by atoms with Crippen LogP contribution in [0.5, 0.6) is 0 Å². The van der Waals surface area contributed by atoms with Crippen molar-refractivity contribution in [3.63, 3.8) is 0 Å². The number of rotatable bonds is 1. The van der Waals surface area contributed by atoms with Gasteiger partial charge in [0.1, 0.15) is 0 Å². The number of amides is 2. The zero-order chi connectivity index (χ0) is 15.0. The molecule has 0 radical (unpaired) electrons. The minimum absolute atomic E-state index is 0.0130. The number of likely N-dealkylation sites (tertiary alicyclic amines) is 1. The van der Waals surface area contributed by atoms with Crippen molar-refractivity contribution in [2.45, 2.75) is 19.3 Å². The molecular weight excluding hydrogens is 295 g/mol. The lowest BCUT2D eigenvalue weighted by Gasteiger charge is -2.38. The fourth-order valence-electron chi connectivity index (χ4n) is 3.13. The summed E-state index contributed by atoms with van der Waals surface area (Å²) in [5.41, 5.74) is -0.0140. The van der Waals surface area contributed by atoms with Gasteiger partial charge >= 0.3 is 0 Å². The number of hydrogen-bond donors (Lipinski definition) is 1. The maximum Gasteiger partial charge on any atom is 0.256 e. The smallest absolute Gasteiger partial charge is 0.256 e. The van der Waals surface area contributed by atoms with Crippen molar-refractivity contribution in [1.82, 2.24) is 10.2 Å². The fraction of sp³-hybridized carbons (Fsp3) is 0.467. The van der Waals surface area contributed by atoms with Crippen LogP contribution in [0.15, 0.2) is 18.2 Å². The van der Waals surface area contributed by atoms with Crippen molar-refractivity contribution < 1.29 is 14.0 Å². The van der Waals surface area contributed by atoms with Crippen molar-refractivity contribution in [3.8, 4) is 0 Å². The molecule has 0 bridgehead atoms. The van der Waals surface area contributed by atoms with Gasteiger partial charge in [0.15, 0.2) is 5.82 Å². The van der Waals surface area contributed by atoms with Crippen LogP contribution in [0.3, 0.4) is 0 Å². The van der Waals surface area contributed by atoms with Crippen LogP contribution in [0.1, 0.15) is 29.6 Å². The molecule has 0 saturated carbocycles. The standard InChI is InChI=1S/C15H16ClFN2O2/c16-11-3-1-2-10(13(11)17)14(21)19-6-4-15(5-7-19)8-12(20)18-9-15/h1-3H,4-9H2,(H,18,20). The molecule has 6 heteroatoms. The summed E-state index contributed by atoms with van der Waals surface area (Å²) in [4.78, 5) is 25.4. The number of hydrogen-bond acceptors (Lipinski definition) is 2. The summed E-state index contributed by atoms with van der Waals surface area (Å²) in [5, 5.41) is 2.81. The van der Waals surface area contributed by atoms with Gasteiger partial charge in [-0.25, -0.2) is 4.39 Å². The van der Waals surface area contributed by atoms with Gasteiger partial charge in [-0.05, 0) is 30.4 Å². The Balaban J connectivity index is 1.71. The van der Waals surface area contributed by atoms with Gasteiger partial charge in [0.2, 0.25) is 5.91 Å². The quantitative estimate of drug-likeness (QED) is 0.864. The Kier molecular flexibility index (Phi) is 3.61. The van der Waals surface area contributed by atoms with Crippen LogP contribution in [0.4, 0.5) is 4.39 Å². The van der Waals surface area contributed by atoms with Gasteiger partial charge in [-0.3, -0.25) is 9.59 Å². The highest BCUT2D eigenvalue weighted by atomic mass is 35.5. The SMILES string of the molecule is O=C1CC2(CCN(C(=O)c3cccc(Cl)c3F)CC2)CN1. The van der Waals surface area contributed by atoms with Crippen LogP contribution in [0, 0.1) is 11.2 Å². The molecule has 0 unspecified atom stereocenters. The van der Waals surface area contributed by atoms with Gasteiger partial charge in [-0.15, -0.1) is 0 Å². The number of nitrogens with one attached hydrogen (secondary N) is 1. The summed E-state index contributed by atoms with van der Waals surface area (Å²) in [6, 6.07) is 4.45. The van der Waals surface area contributed by atoms with E-state index >= 15 is 0 Å². The van der Waals surface area contributed by atoms with E-state index in [0.717, 1.165) is 12.8 Å². The first-order chi connectivity index (χ1) is 10.0. The Morgan fingerprint density at radius 2 is 2.05 bits per heavy atom. The minimum Gasteiger partial charge on any atom is -0.356 e. The third-order valence-electron chi connectivity index (χ3n) is 4.49. The van der Waals surface area contributed by atoms with Crippen LogP contribution in [-0.2, 0) is 4.79 Å². The zero-order valence-electron chi connectivity index (χ0n) is 11.5. The fourth-order valence-corrected chi connectivity index (χ4v) is 3.30. The lowest BCUT2D eigenvalue weighted by atomic mass is 9.77. The number of benzene rings is 1. The lowest BCUT2D eigenvalue weighted by molar-refractivity contribution is -0.119. The Morgan fingerprint density at radius 1 is 1.33 bits per heavy atom. The van der Waals surface area contributed by atoms with Crippen LogP contribution in [-0.4, -0.2) is 36.3 Å². The second-order valence-electron chi connectivity index (χ2n) is 5.85. The second kappa shape index (κ2) is 5.30. The average molecular weight is 311 g/mol. The number of carbonyl (C=O) groups excluding carboxylic acids is 2. The van der Waals surface area contributed by atoms with Gasteiger partial charge in [0.25, 0.3) is 5.91 Å². The third kappa shape index (κ3) is 2.62. The molecular formula is C15H16ClFN2O2. The van der Waals surface area contributed by atoms with E-state index < -0.39 is 5.82 Å². The third-order valence-corrected chi connectivity index (χ3v) is 4.78. The predicted molar refractivity (Wildman–Crippen MR) is 76.6 cm³/mol. The molecule has 1 spiro atoms. The molecule has 21 heavy (non-hydrogen) atoms. The zero-order valence-corrected chi connectivity index (χ0v) is 12.3. The van der Waals surface area contributed by atoms with Crippen molar-refractivity contribution in [2.75, 3.05) is 19.6 Å². The lowest BCUT2D eigenvalue weighted by Crippen LogP contribution is -2.44. The Morgan fingerprint density at radius 3 is 2.67 bits per heavy atom. The Labute approximate surface area is 127 Å². The first-order valence-corrected chi connectivity index (χ1v) is 7.39. The largest absolute Gasteiger partial charge is 0.356 e. The Bertz CT molecular complexity index is 597. The molecule has 1 aromatic rings. The van der Waals surface area contributed by atoms with Gasteiger partial charge < -0.3 is 10.2 Å². The van der Waals surface area contributed by atoms with Crippen LogP contribution >= 0.6 is 11.6 Å². The van der Waals surface area contributed by atoms with Crippen LogP contribution in [0.25, 0.3) is 0 Å². The highest BCUT2D eigenvalue weighted by Crippen LogP contribution is 2.37. The summed E-state index contributed by atoms with van der Waals surface area (Å²) in [5.74, 6) is -0.917. The molecule has 0 aromatic heterocycles. The molecule has 2 aliphatic rings. The summed E-state index contributed by atoms with van der Waals surface area (Å²) in [6.07, 6.45) is 2.06. The first-order valence-electron chi connectivity index (χ1n) is 7.01. The average Bonchev–Trinajstić information content (AvgIpc) is 2.83. The Hall–Kier alpha value is -1.62. The molecule has 2 aliphatic heterocycles. The van der Waals surface area contributed by atoms with Crippen molar-refractivity contribution >= 4 is 23.4 Å². The van der Waals surface area contributed by atoms with Gasteiger partial charge in [-0.2, -0.15) is 0 Å². The van der Waals surface area contributed by atoms with E-state index in [1.54, 1.807) is 11.0 Å². The monoisotopic (exact) mass is 310 g/mol. The molecule has 2 saturated heterocycles. The van der Waals surface area contributed by atoms with E-state index in [9.17, 15) is 14.0 Å². The summed E-state index contributed by atoms with van der Waals surface area (Å²) < 4.78 is 13.9. The number of carbonyl (C=O) groups is 2. The number of halogens is 2. The molecule has 112 valence electrons. The van der Waals surface area contributed by atoms with Crippen molar-refractivity contribution in [3.05, 3.63) is 34.6 Å². The van der Waals surface area contributed by atoms with E-state index in [2.05, 4.69) is 5.32 Å². The van der Waals surface area contributed by atoms with Gasteiger partial charge in [-0.1, -0.05) is 17.7 Å². The molecule has 0 atom stereocenters.